The summed E-state index contributed by atoms with van der Waals surface area (Å²) in [5.74, 6) is 0.439. The second-order valence-electron chi connectivity index (χ2n) is 11.0. The van der Waals surface area contributed by atoms with Gasteiger partial charge in [-0.05, 0) is 56.0 Å². The number of nitrogens with one attached hydrogen (secondary N) is 1. The highest BCUT2D eigenvalue weighted by Gasteiger charge is 2.30. The van der Waals surface area contributed by atoms with Gasteiger partial charge in [0.25, 0.3) is 5.91 Å². The molecule has 3 heterocycles. The zero-order chi connectivity index (χ0) is 26.8. The zero-order valence-electron chi connectivity index (χ0n) is 22.6. The van der Waals surface area contributed by atoms with E-state index in [2.05, 4.69) is 67.2 Å². The topological polar surface area (TPSA) is 92.3 Å². The summed E-state index contributed by atoms with van der Waals surface area (Å²) >= 11 is 0. The second-order valence-corrected chi connectivity index (χ2v) is 11.0. The minimum atomic E-state index is -0.0741. The molecule has 4 aromatic rings. The fraction of sp³-hybridized carbons (Fsp3) is 0.387. The van der Waals surface area contributed by atoms with Crippen LogP contribution in [0.1, 0.15) is 47.6 Å². The molecule has 8 heteroatoms. The number of aromatic nitrogens is 3. The maximum atomic E-state index is 12.4. The summed E-state index contributed by atoms with van der Waals surface area (Å²) in [7, 11) is 2.22. The number of nitrogen functional groups attached to an aromatic ring is 1. The van der Waals surface area contributed by atoms with Crippen molar-refractivity contribution >= 4 is 22.8 Å². The van der Waals surface area contributed by atoms with Crippen LogP contribution < -0.4 is 11.1 Å². The highest BCUT2D eigenvalue weighted by atomic mass is 16.1. The Morgan fingerprint density at radius 1 is 0.923 bits per heavy atom. The highest BCUT2D eigenvalue weighted by molar-refractivity contribution is 6.00. The summed E-state index contributed by atoms with van der Waals surface area (Å²) in [6, 6.07) is 18.7. The Labute approximate surface area is 229 Å². The predicted octanol–water partition coefficient (Wildman–Crippen LogP) is 4.34. The number of carbonyl (C=O) groups is 1. The Balaban J connectivity index is 1.18. The number of amides is 1. The van der Waals surface area contributed by atoms with Gasteiger partial charge in [-0.2, -0.15) is 0 Å². The Morgan fingerprint density at radius 2 is 1.62 bits per heavy atom. The van der Waals surface area contributed by atoms with Crippen molar-refractivity contribution in [1.29, 1.82) is 0 Å². The standard InChI is InChI=1S/C31H37N7O/c1-36-15-17-37(18-16-36)25-11-13-26(14-12-25)38-20-27(28-29(32)34-21-35-30(28)38)23-9-7-22(8-10-23)19-33-31(39)24-5-3-2-4-6-24/h2-10,20-21,25-26H,11-19H2,1H3,(H,33,39)(H2,32,34,35)/t25-,26+. The van der Waals surface area contributed by atoms with Gasteiger partial charge in [-0.25, -0.2) is 9.97 Å². The lowest BCUT2D eigenvalue weighted by molar-refractivity contribution is 0.0828. The van der Waals surface area contributed by atoms with Crippen LogP contribution in [0.25, 0.3) is 22.2 Å². The number of carbonyl (C=O) groups excluding carboxylic acids is 1. The SMILES string of the molecule is CN1CCN([C@H]2CC[C@@H](n3cc(-c4ccc(CNC(=O)c5ccccc5)cc4)c4c(N)ncnc43)CC2)CC1. The van der Waals surface area contributed by atoms with Crippen LogP contribution in [-0.4, -0.2) is 69.5 Å². The lowest BCUT2D eigenvalue weighted by atomic mass is 9.89. The molecule has 39 heavy (non-hydrogen) atoms. The molecule has 0 atom stereocenters. The van der Waals surface area contributed by atoms with E-state index in [1.165, 1.54) is 39.0 Å². The highest BCUT2D eigenvalue weighted by Crippen LogP contribution is 2.39. The molecular formula is C31H37N7O. The minimum absolute atomic E-state index is 0.0741. The van der Waals surface area contributed by atoms with Crippen molar-refractivity contribution in [1.82, 2.24) is 29.7 Å². The molecule has 0 bridgehead atoms. The van der Waals surface area contributed by atoms with E-state index >= 15 is 0 Å². The van der Waals surface area contributed by atoms with Crippen molar-refractivity contribution in [3.8, 4) is 11.1 Å². The Hall–Kier alpha value is -3.75. The summed E-state index contributed by atoms with van der Waals surface area (Å²) in [6.45, 7) is 5.16. The van der Waals surface area contributed by atoms with Crippen LogP contribution in [-0.2, 0) is 6.54 Å². The molecule has 2 fully saturated rings. The van der Waals surface area contributed by atoms with E-state index in [0.717, 1.165) is 40.6 Å². The van der Waals surface area contributed by atoms with Gasteiger partial charge >= 0.3 is 0 Å². The average Bonchev–Trinajstić information content (AvgIpc) is 3.38. The largest absolute Gasteiger partial charge is 0.383 e. The molecule has 0 spiro atoms. The molecule has 1 aliphatic carbocycles. The van der Waals surface area contributed by atoms with Crippen LogP contribution in [0, 0.1) is 0 Å². The number of piperazine rings is 1. The molecule has 1 saturated heterocycles. The van der Waals surface area contributed by atoms with Crippen molar-refractivity contribution < 1.29 is 4.79 Å². The van der Waals surface area contributed by atoms with Gasteiger partial charge < -0.3 is 20.5 Å². The molecule has 6 rings (SSSR count). The Morgan fingerprint density at radius 3 is 2.33 bits per heavy atom. The zero-order valence-corrected chi connectivity index (χ0v) is 22.6. The normalized spacial score (nSPS) is 20.7. The van der Waals surface area contributed by atoms with Crippen molar-refractivity contribution in [2.75, 3.05) is 39.0 Å². The third-order valence-electron chi connectivity index (χ3n) is 8.51. The van der Waals surface area contributed by atoms with E-state index in [4.69, 9.17) is 5.73 Å². The molecule has 2 aromatic carbocycles. The van der Waals surface area contributed by atoms with Gasteiger partial charge in [-0.15, -0.1) is 0 Å². The second kappa shape index (κ2) is 11.2. The molecule has 1 saturated carbocycles. The summed E-state index contributed by atoms with van der Waals surface area (Å²) in [5.41, 5.74) is 11.2. The predicted molar refractivity (Wildman–Crippen MR) is 155 cm³/mol. The molecule has 2 aliphatic rings. The maximum absolute atomic E-state index is 12.4. The molecule has 202 valence electrons. The van der Waals surface area contributed by atoms with Gasteiger partial charge in [-0.1, -0.05) is 42.5 Å². The number of nitrogens with zero attached hydrogens (tertiary/aromatic N) is 5. The first-order chi connectivity index (χ1) is 19.1. The quantitative estimate of drug-likeness (QED) is 0.391. The lowest BCUT2D eigenvalue weighted by Crippen LogP contribution is -2.49. The number of benzene rings is 2. The van der Waals surface area contributed by atoms with Gasteiger partial charge in [0.05, 0.1) is 5.39 Å². The van der Waals surface area contributed by atoms with Crippen molar-refractivity contribution in [3.63, 3.8) is 0 Å². The van der Waals surface area contributed by atoms with Crippen molar-refractivity contribution in [2.45, 2.75) is 44.3 Å². The number of hydrogen-bond acceptors (Lipinski definition) is 6. The number of fused-ring (bicyclic) bond motifs is 1. The summed E-state index contributed by atoms with van der Waals surface area (Å²) in [5, 5.41) is 3.92. The first kappa shape index (κ1) is 25.5. The molecule has 2 aromatic heterocycles. The van der Waals surface area contributed by atoms with Gasteiger partial charge in [0.2, 0.25) is 0 Å². The third-order valence-corrected chi connectivity index (χ3v) is 8.51. The smallest absolute Gasteiger partial charge is 0.251 e. The van der Waals surface area contributed by atoms with Gasteiger partial charge in [0.15, 0.2) is 0 Å². The van der Waals surface area contributed by atoms with E-state index in [1.54, 1.807) is 6.33 Å². The van der Waals surface area contributed by atoms with Crippen molar-refractivity contribution in [3.05, 3.63) is 78.2 Å². The van der Waals surface area contributed by atoms with Crippen LogP contribution in [0.4, 0.5) is 5.82 Å². The van der Waals surface area contributed by atoms with Crippen LogP contribution in [0.5, 0.6) is 0 Å². The summed E-state index contributed by atoms with van der Waals surface area (Å²) < 4.78 is 2.34. The monoisotopic (exact) mass is 523 g/mol. The van der Waals surface area contributed by atoms with E-state index in [9.17, 15) is 4.79 Å². The maximum Gasteiger partial charge on any atom is 0.251 e. The summed E-state index contributed by atoms with van der Waals surface area (Å²) in [6.07, 6.45) is 8.52. The molecule has 1 aliphatic heterocycles. The number of anilines is 1. The number of rotatable bonds is 6. The van der Waals surface area contributed by atoms with Crippen molar-refractivity contribution in [2.24, 2.45) is 0 Å². The molecule has 0 radical (unpaired) electrons. The first-order valence-electron chi connectivity index (χ1n) is 14.0. The van der Waals surface area contributed by atoms with E-state index in [1.807, 2.05) is 30.3 Å². The molecule has 1 amide bonds. The van der Waals surface area contributed by atoms with Gasteiger partial charge in [-0.3, -0.25) is 9.69 Å². The lowest BCUT2D eigenvalue weighted by Gasteiger charge is -2.41. The average molecular weight is 524 g/mol. The van der Waals surface area contributed by atoms with Crippen LogP contribution >= 0.6 is 0 Å². The number of hydrogen-bond donors (Lipinski definition) is 2. The fourth-order valence-corrected chi connectivity index (χ4v) is 6.17. The summed E-state index contributed by atoms with van der Waals surface area (Å²) in [4.78, 5) is 26.5. The van der Waals surface area contributed by atoms with E-state index in [-0.39, 0.29) is 5.91 Å². The number of likely N-dealkylation sites (N-methyl/N-ethyl adjacent to an activating group) is 1. The Bertz CT molecular complexity index is 1420. The molecular weight excluding hydrogens is 486 g/mol. The fourth-order valence-electron chi connectivity index (χ4n) is 6.17. The van der Waals surface area contributed by atoms with Gasteiger partial charge in [0, 0.05) is 62.1 Å². The molecule has 0 unspecified atom stereocenters. The van der Waals surface area contributed by atoms with E-state index < -0.39 is 0 Å². The van der Waals surface area contributed by atoms with Crippen LogP contribution in [0.3, 0.4) is 0 Å². The minimum Gasteiger partial charge on any atom is -0.383 e. The van der Waals surface area contributed by atoms with Crippen LogP contribution in [0.2, 0.25) is 0 Å². The molecule has 3 N–H and O–H groups in total. The van der Waals surface area contributed by atoms with Gasteiger partial charge in [0.1, 0.15) is 17.8 Å². The Kier molecular flexibility index (Phi) is 7.30. The first-order valence-corrected chi connectivity index (χ1v) is 14.0. The number of nitrogens with two attached hydrogens (primary N) is 1. The molecule has 8 nitrogen and oxygen atoms in total. The third kappa shape index (κ3) is 5.40. The van der Waals surface area contributed by atoms with E-state index in [0.29, 0.717) is 30.0 Å². The van der Waals surface area contributed by atoms with Crippen LogP contribution in [0.15, 0.2) is 67.1 Å².